The summed E-state index contributed by atoms with van der Waals surface area (Å²) in [5, 5.41) is 12.0. The van der Waals surface area contributed by atoms with E-state index in [9.17, 15) is 18.3 Å². The molecule has 1 aliphatic rings. The van der Waals surface area contributed by atoms with Gasteiger partial charge in [-0.1, -0.05) is 12.1 Å². The van der Waals surface area contributed by atoms with Gasteiger partial charge < -0.3 is 10.4 Å². The molecular formula is C13H17F3N2O. The largest absolute Gasteiger partial charge is 0.508 e. The van der Waals surface area contributed by atoms with Gasteiger partial charge in [-0.15, -0.1) is 0 Å². The first kappa shape index (κ1) is 14.1. The zero-order valence-electron chi connectivity index (χ0n) is 10.5. The fourth-order valence-electron chi connectivity index (χ4n) is 2.28. The van der Waals surface area contributed by atoms with E-state index in [2.05, 4.69) is 5.32 Å². The molecule has 106 valence electrons. The molecule has 1 aliphatic heterocycles. The summed E-state index contributed by atoms with van der Waals surface area (Å²) in [6.07, 6.45) is -3.53. The fourth-order valence-corrected chi connectivity index (χ4v) is 2.28. The first-order valence-corrected chi connectivity index (χ1v) is 6.26. The number of halogens is 3. The van der Waals surface area contributed by atoms with Crippen molar-refractivity contribution in [1.29, 1.82) is 0 Å². The monoisotopic (exact) mass is 274 g/mol. The Kier molecular flexibility index (Phi) is 4.31. The van der Waals surface area contributed by atoms with Crippen molar-refractivity contribution < 1.29 is 18.3 Å². The Hall–Kier alpha value is -1.27. The highest BCUT2D eigenvalue weighted by atomic mass is 19.4. The molecule has 0 radical (unpaired) electrons. The third-order valence-corrected chi connectivity index (χ3v) is 3.28. The number of nitrogens with zero attached hydrogens (tertiary/aromatic N) is 1. The zero-order valence-corrected chi connectivity index (χ0v) is 10.5. The minimum Gasteiger partial charge on any atom is -0.508 e. The van der Waals surface area contributed by atoms with Gasteiger partial charge >= 0.3 is 6.18 Å². The van der Waals surface area contributed by atoms with Crippen molar-refractivity contribution in [2.75, 3.05) is 19.6 Å². The standard InChI is InChI=1S/C13H17F3N2O/c14-13(15,16)12-8-17-6-1-7-18(12)9-10-2-4-11(19)5-3-10/h2-5,12,17,19H,1,6-9H2. The summed E-state index contributed by atoms with van der Waals surface area (Å²) in [5.74, 6) is 0.119. The molecule has 19 heavy (non-hydrogen) atoms. The molecule has 1 aromatic rings. The molecule has 0 saturated carbocycles. The molecule has 0 spiro atoms. The Bertz CT molecular complexity index is 405. The summed E-state index contributed by atoms with van der Waals surface area (Å²) in [6, 6.07) is 4.84. The molecule has 1 heterocycles. The lowest BCUT2D eigenvalue weighted by Crippen LogP contribution is -2.49. The van der Waals surface area contributed by atoms with Gasteiger partial charge in [0.1, 0.15) is 11.8 Å². The molecule has 3 nitrogen and oxygen atoms in total. The number of nitrogens with one attached hydrogen (secondary N) is 1. The SMILES string of the molecule is Oc1ccc(CN2CCCNCC2C(F)(F)F)cc1. The van der Waals surface area contributed by atoms with Crippen molar-refractivity contribution in [1.82, 2.24) is 10.2 Å². The molecule has 0 amide bonds. The van der Waals surface area contributed by atoms with Gasteiger partial charge in [0.25, 0.3) is 0 Å². The molecule has 1 saturated heterocycles. The molecule has 2 rings (SSSR count). The molecule has 0 aromatic heterocycles. The van der Waals surface area contributed by atoms with Crippen molar-refractivity contribution in [3.05, 3.63) is 29.8 Å². The van der Waals surface area contributed by atoms with Crippen LogP contribution in [0.25, 0.3) is 0 Å². The highest BCUT2D eigenvalue weighted by Gasteiger charge is 2.43. The molecule has 0 bridgehead atoms. The van der Waals surface area contributed by atoms with Gasteiger partial charge in [-0.05, 0) is 30.7 Å². The smallest absolute Gasteiger partial charge is 0.405 e. The van der Waals surface area contributed by atoms with E-state index in [4.69, 9.17) is 0 Å². The lowest BCUT2D eigenvalue weighted by atomic mass is 10.1. The number of alkyl halides is 3. The second-order valence-corrected chi connectivity index (χ2v) is 4.75. The quantitative estimate of drug-likeness (QED) is 0.867. The Labute approximate surface area is 110 Å². The number of hydrogen-bond donors (Lipinski definition) is 2. The number of rotatable bonds is 2. The van der Waals surface area contributed by atoms with E-state index in [-0.39, 0.29) is 18.8 Å². The minimum absolute atomic E-state index is 0.0679. The zero-order chi connectivity index (χ0) is 13.9. The van der Waals surface area contributed by atoms with Crippen LogP contribution in [0.15, 0.2) is 24.3 Å². The molecule has 1 aromatic carbocycles. The molecule has 0 aliphatic carbocycles. The van der Waals surface area contributed by atoms with Gasteiger partial charge in [0.15, 0.2) is 0 Å². The summed E-state index contributed by atoms with van der Waals surface area (Å²) in [7, 11) is 0. The van der Waals surface area contributed by atoms with Crippen molar-refractivity contribution in [2.45, 2.75) is 25.2 Å². The minimum atomic E-state index is -4.23. The van der Waals surface area contributed by atoms with Gasteiger partial charge in [-0.3, -0.25) is 4.90 Å². The van der Waals surface area contributed by atoms with E-state index in [0.717, 1.165) is 5.56 Å². The molecule has 1 fully saturated rings. The van der Waals surface area contributed by atoms with E-state index in [1.807, 2.05) is 0 Å². The van der Waals surface area contributed by atoms with Crippen LogP contribution in [0.2, 0.25) is 0 Å². The lowest BCUT2D eigenvalue weighted by Gasteiger charge is -2.31. The molecule has 6 heteroatoms. The number of phenols is 1. The predicted octanol–water partition coefficient (Wildman–Crippen LogP) is 2.12. The third kappa shape index (κ3) is 3.84. The second-order valence-electron chi connectivity index (χ2n) is 4.75. The van der Waals surface area contributed by atoms with Crippen LogP contribution in [0.1, 0.15) is 12.0 Å². The van der Waals surface area contributed by atoms with Crippen LogP contribution in [0.5, 0.6) is 5.75 Å². The summed E-state index contributed by atoms with van der Waals surface area (Å²) in [4.78, 5) is 1.45. The van der Waals surface area contributed by atoms with Crippen LogP contribution in [-0.4, -0.2) is 41.9 Å². The number of aromatic hydroxyl groups is 1. The van der Waals surface area contributed by atoms with E-state index in [1.165, 1.54) is 17.0 Å². The normalized spacial score (nSPS) is 22.2. The topological polar surface area (TPSA) is 35.5 Å². The van der Waals surface area contributed by atoms with Gasteiger partial charge in [0, 0.05) is 19.6 Å². The summed E-state index contributed by atoms with van der Waals surface area (Å²) >= 11 is 0. The Balaban J connectivity index is 2.12. The molecule has 2 N–H and O–H groups in total. The maximum Gasteiger partial charge on any atom is 0.405 e. The van der Waals surface area contributed by atoms with E-state index in [1.54, 1.807) is 12.1 Å². The number of hydrogen-bond acceptors (Lipinski definition) is 3. The van der Waals surface area contributed by atoms with Crippen molar-refractivity contribution in [3.63, 3.8) is 0 Å². The van der Waals surface area contributed by atoms with Crippen molar-refractivity contribution in [2.24, 2.45) is 0 Å². The van der Waals surface area contributed by atoms with Crippen LogP contribution < -0.4 is 5.32 Å². The Morgan fingerprint density at radius 1 is 1.26 bits per heavy atom. The lowest BCUT2D eigenvalue weighted by molar-refractivity contribution is -0.182. The first-order valence-electron chi connectivity index (χ1n) is 6.26. The summed E-state index contributed by atoms with van der Waals surface area (Å²) in [5.41, 5.74) is 0.772. The van der Waals surface area contributed by atoms with Gasteiger partial charge in [-0.25, -0.2) is 0 Å². The average Bonchev–Trinajstić information content (AvgIpc) is 2.57. The Morgan fingerprint density at radius 2 is 1.95 bits per heavy atom. The van der Waals surface area contributed by atoms with Crippen molar-refractivity contribution in [3.8, 4) is 5.75 Å². The van der Waals surface area contributed by atoms with E-state index in [0.29, 0.717) is 19.5 Å². The maximum atomic E-state index is 13.0. The average molecular weight is 274 g/mol. The predicted molar refractivity (Wildman–Crippen MR) is 65.8 cm³/mol. The summed E-state index contributed by atoms with van der Waals surface area (Å²) in [6.45, 7) is 1.20. The van der Waals surface area contributed by atoms with Gasteiger partial charge in [-0.2, -0.15) is 13.2 Å². The highest BCUT2D eigenvalue weighted by Crippen LogP contribution is 2.27. The Morgan fingerprint density at radius 3 is 2.58 bits per heavy atom. The first-order chi connectivity index (χ1) is 8.97. The highest BCUT2D eigenvalue weighted by molar-refractivity contribution is 5.25. The van der Waals surface area contributed by atoms with Crippen LogP contribution in [-0.2, 0) is 6.54 Å². The van der Waals surface area contributed by atoms with Gasteiger partial charge in [0.05, 0.1) is 0 Å². The van der Waals surface area contributed by atoms with E-state index >= 15 is 0 Å². The molecule has 1 atom stereocenters. The van der Waals surface area contributed by atoms with Gasteiger partial charge in [0.2, 0.25) is 0 Å². The molecule has 1 unspecified atom stereocenters. The van der Waals surface area contributed by atoms with Crippen LogP contribution in [0, 0.1) is 0 Å². The summed E-state index contributed by atoms with van der Waals surface area (Å²) < 4.78 is 39.1. The molecular weight excluding hydrogens is 257 g/mol. The van der Waals surface area contributed by atoms with Crippen LogP contribution >= 0.6 is 0 Å². The number of benzene rings is 1. The fraction of sp³-hybridized carbons (Fsp3) is 0.538. The van der Waals surface area contributed by atoms with Crippen molar-refractivity contribution >= 4 is 0 Å². The van der Waals surface area contributed by atoms with E-state index < -0.39 is 12.2 Å². The van der Waals surface area contributed by atoms with Crippen LogP contribution in [0.3, 0.4) is 0 Å². The second kappa shape index (κ2) is 5.79. The third-order valence-electron chi connectivity index (χ3n) is 3.28. The maximum absolute atomic E-state index is 13.0. The number of phenolic OH excluding ortho intramolecular Hbond substituents is 1. The van der Waals surface area contributed by atoms with Crippen LogP contribution in [0.4, 0.5) is 13.2 Å².